The molecule has 0 radical (unpaired) electrons. The Balaban J connectivity index is 2.19. The van der Waals surface area contributed by atoms with E-state index in [1.807, 2.05) is 6.92 Å². The Bertz CT molecular complexity index is 607. The molecule has 1 heterocycles. The quantitative estimate of drug-likeness (QED) is 0.829. The number of hydrogen-bond donors (Lipinski definition) is 2. The van der Waals surface area contributed by atoms with Gasteiger partial charge >= 0.3 is 0 Å². The van der Waals surface area contributed by atoms with Gasteiger partial charge in [0.25, 0.3) is 0 Å². The molecule has 1 aromatic carbocycles. The van der Waals surface area contributed by atoms with Crippen LogP contribution in [-0.4, -0.2) is 16.5 Å². The lowest BCUT2D eigenvalue weighted by Crippen LogP contribution is -2.05. The van der Waals surface area contributed by atoms with Crippen LogP contribution >= 0.6 is 11.8 Å². The minimum Gasteiger partial charge on any atom is -0.370 e. The Labute approximate surface area is 119 Å². The SMILES string of the molecule is CCCNc1cc(Sc2ccc(F)c(F)c2)nc(N)n1. The summed E-state index contributed by atoms with van der Waals surface area (Å²) in [5.41, 5.74) is 5.63. The molecule has 0 amide bonds. The average molecular weight is 296 g/mol. The number of anilines is 2. The van der Waals surface area contributed by atoms with E-state index in [1.54, 1.807) is 6.07 Å². The molecule has 0 saturated carbocycles. The van der Waals surface area contributed by atoms with Crippen molar-refractivity contribution in [1.82, 2.24) is 9.97 Å². The van der Waals surface area contributed by atoms with Gasteiger partial charge in [0, 0.05) is 17.5 Å². The third kappa shape index (κ3) is 3.80. The molecule has 2 rings (SSSR count). The van der Waals surface area contributed by atoms with Crippen LogP contribution in [0.25, 0.3) is 0 Å². The summed E-state index contributed by atoms with van der Waals surface area (Å²) in [7, 11) is 0. The van der Waals surface area contributed by atoms with E-state index in [2.05, 4.69) is 15.3 Å². The molecule has 2 aromatic rings. The molecule has 0 spiro atoms. The summed E-state index contributed by atoms with van der Waals surface area (Å²) in [6.45, 7) is 2.81. The molecule has 4 nitrogen and oxygen atoms in total. The molecule has 1 aromatic heterocycles. The molecule has 0 aliphatic heterocycles. The molecule has 7 heteroatoms. The molecule has 3 N–H and O–H groups in total. The number of rotatable bonds is 5. The first-order valence-electron chi connectivity index (χ1n) is 6.10. The number of nitrogens with two attached hydrogens (primary N) is 1. The van der Waals surface area contributed by atoms with Gasteiger partial charge in [-0.1, -0.05) is 18.7 Å². The second-order valence-corrected chi connectivity index (χ2v) is 5.15. The molecular formula is C13H14F2N4S. The maximum atomic E-state index is 13.1. The van der Waals surface area contributed by atoms with Crippen molar-refractivity contribution in [3.05, 3.63) is 35.9 Å². The van der Waals surface area contributed by atoms with Gasteiger partial charge in [-0.2, -0.15) is 4.98 Å². The van der Waals surface area contributed by atoms with E-state index in [9.17, 15) is 8.78 Å². The number of benzene rings is 1. The van der Waals surface area contributed by atoms with Crippen LogP contribution in [0.2, 0.25) is 0 Å². The molecule has 0 bridgehead atoms. The number of nitrogens with one attached hydrogen (secondary N) is 1. The first kappa shape index (κ1) is 14.5. The first-order valence-corrected chi connectivity index (χ1v) is 6.91. The molecule has 106 valence electrons. The van der Waals surface area contributed by atoms with Crippen molar-refractivity contribution < 1.29 is 8.78 Å². The Morgan fingerprint density at radius 2 is 2.00 bits per heavy atom. The van der Waals surface area contributed by atoms with Crippen molar-refractivity contribution in [2.24, 2.45) is 0 Å². The molecule has 0 aliphatic rings. The largest absolute Gasteiger partial charge is 0.370 e. The zero-order chi connectivity index (χ0) is 14.5. The highest BCUT2D eigenvalue weighted by atomic mass is 32.2. The third-order valence-electron chi connectivity index (χ3n) is 2.39. The van der Waals surface area contributed by atoms with E-state index < -0.39 is 11.6 Å². The van der Waals surface area contributed by atoms with Gasteiger partial charge in [-0.25, -0.2) is 13.8 Å². The third-order valence-corrected chi connectivity index (χ3v) is 3.30. The highest BCUT2D eigenvalue weighted by Gasteiger charge is 2.07. The summed E-state index contributed by atoms with van der Waals surface area (Å²) in [6.07, 6.45) is 0.954. The number of halogens is 2. The number of nitrogen functional groups attached to an aromatic ring is 1. The molecule has 20 heavy (non-hydrogen) atoms. The molecule has 0 unspecified atom stereocenters. The minimum absolute atomic E-state index is 0.135. The van der Waals surface area contributed by atoms with Gasteiger partial charge in [0.15, 0.2) is 11.6 Å². The Morgan fingerprint density at radius 3 is 2.70 bits per heavy atom. The van der Waals surface area contributed by atoms with Crippen LogP contribution in [-0.2, 0) is 0 Å². The maximum absolute atomic E-state index is 13.1. The van der Waals surface area contributed by atoms with Crippen molar-refractivity contribution in [2.75, 3.05) is 17.6 Å². The predicted octanol–water partition coefficient (Wildman–Crippen LogP) is 3.31. The molecule has 0 fully saturated rings. The smallest absolute Gasteiger partial charge is 0.223 e. The Kier molecular flexibility index (Phi) is 4.73. The summed E-state index contributed by atoms with van der Waals surface area (Å²) >= 11 is 1.19. The highest BCUT2D eigenvalue weighted by Crippen LogP contribution is 2.28. The fourth-order valence-electron chi connectivity index (χ4n) is 1.50. The predicted molar refractivity (Wildman–Crippen MR) is 75.7 cm³/mol. The van der Waals surface area contributed by atoms with Gasteiger partial charge in [-0.3, -0.25) is 0 Å². The van der Waals surface area contributed by atoms with Crippen molar-refractivity contribution in [1.29, 1.82) is 0 Å². The normalized spacial score (nSPS) is 10.6. The molecule has 0 atom stereocenters. The lowest BCUT2D eigenvalue weighted by atomic mass is 10.3. The lowest BCUT2D eigenvalue weighted by Gasteiger charge is -2.07. The van der Waals surface area contributed by atoms with Gasteiger partial charge in [0.1, 0.15) is 10.8 Å². The van der Waals surface area contributed by atoms with Crippen LogP contribution in [0.4, 0.5) is 20.5 Å². The van der Waals surface area contributed by atoms with Crippen molar-refractivity contribution in [3.8, 4) is 0 Å². The monoisotopic (exact) mass is 296 g/mol. The topological polar surface area (TPSA) is 63.8 Å². The highest BCUT2D eigenvalue weighted by molar-refractivity contribution is 7.99. The maximum Gasteiger partial charge on any atom is 0.223 e. The Hall–Kier alpha value is -1.89. The second kappa shape index (κ2) is 6.51. The lowest BCUT2D eigenvalue weighted by molar-refractivity contribution is 0.506. The second-order valence-electron chi connectivity index (χ2n) is 4.05. The van der Waals surface area contributed by atoms with Gasteiger partial charge < -0.3 is 11.1 Å². The molecule has 0 saturated heterocycles. The van der Waals surface area contributed by atoms with E-state index in [0.29, 0.717) is 15.7 Å². The van der Waals surface area contributed by atoms with Crippen LogP contribution in [0.5, 0.6) is 0 Å². The summed E-state index contributed by atoms with van der Waals surface area (Å²) in [5, 5.41) is 3.67. The van der Waals surface area contributed by atoms with Gasteiger partial charge in [0.05, 0.1) is 0 Å². The summed E-state index contributed by atoms with van der Waals surface area (Å²) in [4.78, 5) is 8.66. The number of hydrogen-bond acceptors (Lipinski definition) is 5. The number of nitrogens with zero attached hydrogens (tertiary/aromatic N) is 2. The molecular weight excluding hydrogens is 282 g/mol. The van der Waals surface area contributed by atoms with Crippen LogP contribution in [0.3, 0.4) is 0 Å². The number of aromatic nitrogens is 2. The van der Waals surface area contributed by atoms with Crippen LogP contribution in [0, 0.1) is 11.6 Å². The van der Waals surface area contributed by atoms with Gasteiger partial charge in [-0.05, 0) is 24.6 Å². The zero-order valence-corrected chi connectivity index (χ0v) is 11.7. The average Bonchev–Trinajstić information content (AvgIpc) is 2.40. The minimum atomic E-state index is -0.888. The summed E-state index contributed by atoms with van der Waals surface area (Å²) < 4.78 is 26.0. The fourth-order valence-corrected chi connectivity index (χ4v) is 2.35. The zero-order valence-electron chi connectivity index (χ0n) is 10.9. The van der Waals surface area contributed by atoms with E-state index >= 15 is 0 Å². The standard InChI is InChI=1S/C13H14F2N4S/c1-2-5-17-11-7-12(19-13(16)18-11)20-8-3-4-9(14)10(15)6-8/h3-4,6-7H,2,5H2,1H3,(H3,16,17,18,19). The van der Waals surface area contributed by atoms with Crippen LogP contribution < -0.4 is 11.1 Å². The van der Waals surface area contributed by atoms with E-state index in [1.165, 1.54) is 17.8 Å². The van der Waals surface area contributed by atoms with Crippen LogP contribution in [0.1, 0.15) is 13.3 Å². The summed E-state index contributed by atoms with van der Waals surface area (Å²) in [5.74, 6) is -1.01. The van der Waals surface area contributed by atoms with Crippen molar-refractivity contribution >= 4 is 23.5 Å². The van der Waals surface area contributed by atoms with E-state index in [4.69, 9.17) is 5.73 Å². The van der Waals surface area contributed by atoms with E-state index in [-0.39, 0.29) is 5.95 Å². The van der Waals surface area contributed by atoms with Crippen molar-refractivity contribution in [2.45, 2.75) is 23.3 Å². The van der Waals surface area contributed by atoms with Crippen LogP contribution in [0.15, 0.2) is 34.2 Å². The van der Waals surface area contributed by atoms with E-state index in [0.717, 1.165) is 25.1 Å². The van der Waals surface area contributed by atoms with Gasteiger partial charge in [-0.15, -0.1) is 0 Å². The summed E-state index contributed by atoms with van der Waals surface area (Å²) in [6, 6.07) is 5.41. The fraction of sp³-hybridized carbons (Fsp3) is 0.231. The Morgan fingerprint density at radius 1 is 1.20 bits per heavy atom. The first-order chi connectivity index (χ1) is 9.58. The molecule has 0 aliphatic carbocycles. The van der Waals surface area contributed by atoms with Gasteiger partial charge in [0.2, 0.25) is 5.95 Å². The van der Waals surface area contributed by atoms with Crippen molar-refractivity contribution in [3.63, 3.8) is 0 Å².